The van der Waals surface area contributed by atoms with Crippen molar-refractivity contribution in [2.24, 2.45) is 0 Å². The van der Waals surface area contributed by atoms with Gasteiger partial charge in [0, 0.05) is 42.6 Å². The van der Waals surface area contributed by atoms with Crippen molar-refractivity contribution >= 4 is 29.3 Å². The molecular weight excluding hydrogens is 309 g/mol. The molecule has 0 fully saturated rings. The minimum Gasteiger partial charge on any atom is -0.487 e. The van der Waals surface area contributed by atoms with E-state index in [9.17, 15) is 0 Å². The summed E-state index contributed by atoms with van der Waals surface area (Å²) < 4.78 is 7.75. The average Bonchev–Trinajstić information content (AvgIpc) is 2.96. The van der Waals surface area contributed by atoms with Gasteiger partial charge in [0.25, 0.3) is 0 Å². The Hall–Kier alpha value is -1.49. The molecule has 0 atom stereocenters. The summed E-state index contributed by atoms with van der Waals surface area (Å²) in [6.07, 6.45) is 7.62. The second-order valence-electron chi connectivity index (χ2n) is 4.87. The van der Waals surface area contributed by atoms with Crippen LogP contribution in [0.15, 0.2) is 36.4 Å². The third kappa shape index (κ3) is 3.59. The Morgan fingerprint density at radius 2 is 2.24 bits per heavy atom. The SMILES string of the molecule is Clc1cc(Cl)c2c(c1)C=C(CNCCn1ccnc1)CO2. The normalized spacial score (nSPS) is 13.5. The molecule has 21 heavy (non-hydrogen) atoms. The molecule has 0 amide bonds. The van der Waals surface area contributed by atoms with Crippen LogP contribution in [0, 0.1) is 0 Å². The first-order valence-electron chi connectivity index (χ1n) is 6.70. The van der Waals surface area contributed by atoms with Gasteiger partial charge in [-0.05, 0) is 23.8 Å². The Morgan fingerprint density at radius 1 is 1.33 bits per heavy atom. The Morgan fingerprint density at radius 3 is 3.05 bits per heavy atom. The molecule has 0 bridgehead atoms. The number of fused-ring (bicyclic) bond motifs is 1. The van der Waals surface area contributed by atoms with Gasteiger partial charge in [0.1, 0.15) is 12.4 Å². The van der Waals surface area contributed by atoms with Crippen molar-refractivity contribution < 1.29 is 4.74 Å². The van der Waals surface area contributed by atoms with Crippen LogP contribution in [0.1, 0.15) is 5.56 Å². The molecule has 1 aliphatic heterocycles. The fourth-order valence-electron chi connectivity index (χ4n) is 2.24. The number of benzene rings is 1. The Bertz CT molecular complexity index is 653. The molecule has 1 N–H and O–H groups in total. The first-order valence-corrected chi connectivity index (χ1v) is 7.46. The minimum absolute atomic E-state index is 0.548. The van der Waals surface area contributed by atoms with Gasteiger partial charge in [0.2, 0.25) is 0 Å². The van der Waals surface area contributed by atoms with Crippen LogP contribution >= 0.6 is 23.2 Å². The Balaban J connectivity index is 1.58. The molecule has 0 spiro atoms. The van der Waals surface area contributed by atoms with Crippen LogP contribution in [-0.4, -0.2) is 29.2 Å². The van der Waals surface area contributed by atoms with Gasteiger partial charge in [-0.1, -0.05) is 23.2 Å². The molecule has 110 valence electrons. The predicted octanol–water partition coefficient (Wildman–Crippen LogP) is 3.26. The second-order valence-corrected chi connectivity index (χ2v) is 5.72. The van der Waals surface area contributed by atoms with E-state index in [1.165, 1.54) is 5.57 Å². The van der Waals surface area contributed by atoms with E-state index in [1.807, 2.05) is 23.2 Å². The molecule has 1 aromatic heterocycles. The van der Waals surface area contributed by atoms with Crippen LogP contribution in [0.2, 0.25) is 10.0 Å². The number of halogens is 2. The van der Waals surface area contributed by atoms with Crippen LogP contribution < -0.4 is 10.1 Å². The molecule has 2 heterocycles. The van der Waals surface area contributed by atoms with E-state index in [4.69, 9.17) is 27.9 Å². The van der Waals surface area contributed by atoms with Gasteiger partial charge in [-0.25, -0.2) is 4.98 Å². The number of aromatic nitrogens is 2. The molecule has 4 nitrogen and oxygen atoms in total. The quantitative estimate of drug-likeness (QED) is 0.858. The number of rotatable bonds is 5. The molecule has 3 rings (SSSR count). The van der Waals surface area contributed by atoms with Gasteiger partial charge < -0.3 is 14.6 Å². The van der Waals surface area contributed by atoms with Crippen molar-refractivity contribution in [2.45, 2.75) is 6.54 Å². The standard InChI is InChI=1S/C15H15Cl2N3O/c16-13-6-12-5-11(9-21-15(12)14(17)7-13)8-18-1-3-20-4-2-19-10-20/h2,4-7,10,18H,1,3,8-9H2. The van der Waals surface area contributed by atoms with E-state index < -0.39 is 0 Å². The third-order valence-corrected chi connectivity index (χ3v) is 3.76. The summed E-state index contributed by atoms with van der Waals surface area (Å²) >= 11 is 12.1. The van der Waals surface area contributed by atoms with E-state index in [0.717, 1.165) is 25.2 Å². The number of hydrogen-bond acceptors (Lipinski definition) is 3. The molecule has 0 saturated heterocycles. The zero-order chi connectivity index (χ0) is 14.7. The maximum absolute atomic E-state index is 6.12. The Labute approximate surface area is 133 Å². The third-order valence-electron chi connectivity index (χ3n) is 3.26. The minimum atomic E-state index is 0.548. The van der Waals surface area contributed by atoms with Crippen molar-refractivity contribution in [3.8, 4) is 5.75 Å². The molecule has 6 heteroatoms. The van der Waals surface area contributed by atoms with Crippen molar-refractivity contribution in [3.63, 3.8) is 0 Å². The highest BCUT2D eigenvalue weighted by molar-refractivity contribution is 6.36. The maximum atomic E-state index is 6.12. The first-order chi connectivity index (χ1) is 10.2. The zero-order valence-corrected chi connectivity index (χ0v) is 12.9. The highest BCUT2D eigenvalue weighted by Crippen LogP contribution is 2.36. The molecule has 1 aliphatic rings. The van der Waals surface area contributed by atoms with Crippen molar-refractivity contribution in [1.29, 1.82) is 0 Å². The van der Waals surface area contributed by atoms with E-state index in [0.29, 0.717) is 22.4 Å². The first kappa shape index (κ1) is 14.4. The van der Waals surface area contributed by atoms with E-state index in [1.54, 1.807) is 12.3 Å². The van der Waals surface area contributed by atoms with Crippen molar-refractivity contribution in [3.05, 3.63) is 52.0 Å². The lowest BCUT2D eigenvalue weighted by Gasteiger charge is -2.19. The number of hydrogen-bond donors (Lipinski definition) is 1. The summed E-state index contributed by atoms with van der Waals surface area (Å²) in [4.78, 5) is 4.01. The number of nitrogens with one attached hydrogen (secondary N) is 1. The summed E-state index contributed by atoms with van der Waals surface area (Å²) in [6, 6.07) is 3.57. The fourth-order valence-corrected chi connectivity index (χ4v) is 2.81. The van der Waals surface area contributed by atoms with Gasteiger partial charge in [-0.2, -0.15) is 0 Å². The van der Waals surface area contributed by atoms with Gasteiger partial charge in [-0.3, -0.25) is 0 Å². The smallest absolute Gasteiger partial charge is 0.145 e. The molecule has 0 saturated carbocycles. The number of imidazole rings is 1. The van der Waals surface area contributed by atoms with Crippen LogP contribution in [0.3, 0.4) is 0 Å². The maximum Gasteiger partial charge on any atom is 0.145 e. The lowest BCUT2D eigenvalue weighted by atomic mass is 10.1. The van der Waals surface area contributed by atoms with E-state index in [2.05, 4.69) is 16.4 Å². The van der Waals surface area contributed by atoms with Crippen LogP contribution in [0.25, 0.3) is 6.08 Å². The summed E-state index contributed by atoms with van der Waals surface area (Å²) in [7, 11) is 0. The number of ether oxygens (including phenoxy) is 1. The summed E-state index contributed by atoms with van der Waals surface area (Å²) in [5.74, 6) is 0.711. The topological polar surface area (TPSA) is 39.1 Å². The lowest BCUT2D eigenvalue weighted by molar-refractivity contribution is 0.343. The molecular formula is C15H15Cl2N3O. The molecule has 2 aromatic rings. The average molecular weight is 324 g/mol. The van der Waals surface area contributed by atoms with Gasteiger partial charge in [-0.15, -0.1) is 0 Å². The highest BCUT2D eigenvalue weighted by atomic mass is 35.5. The number of nitrogens with zero attached hydrogens (tertiary/aromatic N) is 2. The fraction of sp³-hybridized carbons (Fsp3) is 0.267. The van der Waals surface area contributed by atoms with Gasteiger partial charge in [0.15, 0.2) is 0 Å². The summed E-state index contributed by atoms with van der Waals surface area (Å²) in [5, 5.41) is 4.57. The van der Waals surface area contributed by atoms with Crippen LogP contribution in [0.5, 0.6) is 5.75 Å². The second kappa shape index (κ2) is 6.52. The van der Waals surface area contributed by atoms with Crippen LogP contribution in [-0.2, 0) is 6.54 Å². The van der Waals surface area contributed by atoms with Crippen LogP contribution in [0.4, 0.5) is 0 Å². The molecule has 0 radical (unpaired) electrons. The zero-order valence-electron chi connectivity index (χ0n) is 11.4. The largest absolute Gasteiger partial charge is 0.487 e. The van der Waals surface area contributed by atoms with Crippen molar-refractivity contribution in [2.75, 3.05) is 19.7 Å². The lowest BCUT2D eigenvalue weighted by Crippen LogP contribution is -2.25. The van der Waals surface area contributed by atoms with E-state index in [-0.39, 0.29) is 0 Å². The molecule has 0 aliphatic carbocycles. The van der Waals surface area contributed by atoms with Gasteiger partial charge >= 0.3 is 0 Å². The van der Waals surface area contributed by atoms with Crippen molar-refractivity contribution in [1.82, 2.24) is 14.9 Å². The predicted molar refractivity (Wildman–Crippen MR) is 85.0 cm³/mol. The molecule has 1 aromatic carbocycles. The monoisotopic (exact) mass is 323 g/mol. The molecule has 0 unspecified atom stereocenters. The highest BCUT2D eigenvalue weighted by Gasteiger charge is 2.15. The summed E-state index contributed by atoms with van der Waals surface area (Å²) in [5.41, 5.74) is 2.11. The van der Waals surface area contributed by atoms with E-state index >= 15 is 0 Å². The Kier molecular flexibility index (Phi) is 4.48. The summed E-state index contributed by atoms with van der Waals surface area (Å²) in [6.45, 7) is 3.09. The van der Waals surface area contributed by atoms with Gasteiger partial charge in [0.05, 0.1) is 11.3 Å².